The van der Waals surface area contributed by atoms with Crippen molar-refractivity contribution in [2.75, 3.05) is 94.6 Å². The number of unbranched alkanes of at least 4 members (excludes halogenated alkanes) is 1. The second-order valence-electron chi connectivity index (χ2n) is 17.6. The predicted molar refractivity (Wildman–Crippen MR) is 244 cm³/mol. The monoisotopic (exact) mass is 803 g/mol. The van der Waals surface area contributed by atoms with Crippen LogP contribution in [0.1, 0.15) is 84.6 Å². The summed E-state index contributed by atoms with van der Waals surface area (Å²) in [6, 6.07) is 26.7. The van der Waals surface area contributed by atoms with E-state index in [4.69, 9.17) is 0 Å². The number of rotatable bonds is 15. The van der Waals surface area contributed by atoms with Crippen LogP contribution in [0, 0.1) is 0 Å². The number of piperidine rings is 2. The number of aromatic amines is 2. The van der Waals surface area contributed by atoms with Gasteiger partial charge in [0.05, 0.1) is 0 Å². The Kier molecular flexibility index (Phi) is 15.1. The lowest BCUT2D eigenvalue weighted by Gasteiger charge is -2.46. The van der Waals surface area contributed by atoms with E-state index in [1.54, 1.807) is 0 Å². The van der Waals surface area contributed by atoms with Crippen molar-refractivity contribution in [2.45, 2.75) is 69.4 Å². The van der Waals surface area contributed by atoms with E-state index in [9.17, 15) is 9.59 Å². The molecule has 0 spiro atoms. The number of fused-ring (bicyclic) bond motifs is 2. The van der Waals surface area contributed by atoms with Gasteiger partial charge in [-0.25, -0.2) is 0 Å². The molecule has 4 heterocycles. The third-order valence-corrected chi connectivity index (χ3v) is 13.6. The molecule has 2 amide bonds. The number of benzene rings is 3. The first kappa shape index (κ1) is 44.1. The first-order chi connectivity index (χ1) is 28.4. The molecule has 0 atom stereocenters. The van der Waals surface area contributed by atoms with E-state index in [0.717, 1.165) is 105 Å². The van der Waals surface area contributed by atoms with Crippen molar-refractivity contribution in [2.24, 2.45) is 0 Å². The van der Waals surface area contributed by atoms with Gasteiger partial charge in [-0.2, -0.15) is 0 Å². The SMILES string of the molecule is CCCCC1(N(C)C)CCN(CCN(C)C(=O)c2ccc3cc[nH]c3c2)CC1.CN(CCCN1CCC(c2ccccc2)(N(C)C)CC1)C(=O)c1ccc2cc[nH]c2c1. The van der Waals surface area contributed by atoms with Crippen LogP contribution in [0.25, 0.3) is 21.8 Å². The fourth-order valence-electron chi connectivity index (χ4n) is 9.34. The highest BCUT2D eigenvalue weighted by Crippen LogP contribution is 2.37. The third-order valence-electron chi connectivity index (χ3n) is 13.6. The smallest absolute Gasteiger partial charge is 0.253 e. The highest BCUT2D eigenvalue weighted by molar-refractivity contribution is 5.98. The summed E-state index contributed by atoms with van der Waals surface area (Å²) < 4.78 is 0. The van der Waals surface area contributed by atoms with Crippen molar-refractivity contribution in [1.82, 2.24) is 39.4 Å². The van der Waals surface area contributed by atoms with Gasteiger partial charge in [-0.15, -0.1) is 0 Å². The van der Waals surface area contributed by atoms with Crippen LogP contribution in [-0.2, 0) is 5.54 Å². The zero-order valence-corrected chi connectivity index (χ0v) is 37.0. The predicted octanol–water partition coefficient (Wildman–Crippen LogP) is 8.01. The number of carbonyl (C=O) groups is 2. The summed E-state index contributed by atoms with van der Waals surface area (Å²) in [5, 5.41) is 2.27. The lowest BCUT2D eigenvalue weighted by atomic mass is 9.80. The fraction of sp³-hybridized carbons (Fsp3) is 0.510. The van der Waals surface area contributed by atoms with E-state index < -0.39 is 0 Å². The summed E-state index contributed by atoms with van der Waals surface area (Å²) in [5.74, 6) is 0.185. The number of nitrogens with zero attached hydrogens (tertiary/aromatic N) is 6. The molecule has 10 heteroatoms. The highest BCUT2D eigenvalue weighted by atomic mass is 16.2. The van der Waals surface area contributed by atoms with Gasteiger partial charge in [-0.3, -0.25) is 14.5 Å². The van der Waals surface area contributed by atoms with Gasteiger partial charge in [0.25, 0.3) is 11.8 Å². The topological polar surface area (TPSA) is 85.2 Å². The standard InChI is InChI=1S/C26H34N4O.C23H36N4O/c1-28(2)26(23-8-5-4-6-9-23)13-18-30(19-14-26)17-7-16-29(3)25(31)22-11-10-21-12-15-27-24(21)20-22;1-5-6-10-23(25(2)3)11-14-27(15-12-23)17-16-26(4)22(28)20-8-7-19-9-13-24-21(19)18-20/h4-6,8-12,15,20,27H,7,13-14,16-19H2,1-3H3;7-9,13,18,24H,5-6,10-12,14-17H2,1-4H3. The van der Waals surface area contributed by atoms with Crippen LogP contribution in [0.15, 0.2) is 91.3 Å². The van der Waals surface area contributed by atoms with Crippen LogP contribution in [0.3, 0.4) is 0 Å². The van der Waals surface area contributed by atoms with Crippen LogP contribution in [0.5, 0.6) is 0 Å². The molecule has 2 aromatic heterocycles. The number of H-pyrrole nitrogens is 2. The van der Waals surface area contributed by atoms with Crippen molar-refractivity contribution >= 4 is 33.6 Å². The van der Waals surface area contributed by atoms with Crippen LogP contribution in [0.2, 0.25) is 0 Å². The average molecular weight is 803 g/mol. The Bertz CT molecular complexity index is 2070. The van der Waals surface area contributed by atoms with Crippen LogP contribution in [-0.4, -0.2) is 151 Å². The van der Waals surface area contributed by atoms with Gasteiger partial charge in [0.1, 0.15) is 0 Å². The maximum absolute atomic E-state index is 12.8. The fourth-order valence-corrected chi connectivity index (χ4v) is 9.34. The molecule has 7 rings (SSSR count). The molecule has 2 N–H and O–H groups in total. The summed E-state index contributed by atoms with van der Waals surface area (Å²) in [5.41, 5.74) is 5.43. The molecule has 2 saturated heterocycles. The lowest BCUT2D eigenvalue weighted by Crippen LogP contribution is -2.53. The van der Waals surface area contributed by atoms with E-state index in [-0.39, 0.29) is 17.4 Å². The van der Waals surface area contributed by atoms with Crippen molar-refractivity contribution < 1.29 is 9.59 Å². The number of carbonyl (C=O) groups excluding carboxylic acids is 2. The number of nitrogens with one attached hydrogen (secondary N) is 2. The lowest BCUT2D eigenvalue weighted by molar-refractivity contribution is 0.0432. The first-order valence-electron chi connectivity index (χ1n) is 21.9. The highest BCUT2D eigenvalue weighted by Gasteiger charge is 2.38. The molecule has 5 aromatic rings. The Morgan fingerprint density at radius 3 is 1.66 bits per heavy atom. The van der Waals surface area contributed by atoms with Gasteiger partial charge in [-0.05, 0) is 139 Å². The summed E-state index contributed by atoms with van der Waals surface area (Å²) in [4.78, 5) is 45.6. The third kappa shape index (κ3) is 10.6. The minimum Gasteiger partial charge on any atom is -0.361 e. The van der Waals surface area contributed by atoms with Gasteiger partial charge >= 0.3 is 0 Å². The number of aromatic nitrogens is 2. The van der Waals surface area contributed by atoms with Gasteiger partial charge in [0.2, 0.25) is 0 Å². The Labute approximate surface area is 353 Å². The molecule has 59 heavy (non-hydrogen) atoms. The summed E-state index contributed by atoms with van der Waals surface area (Å²) in [7, 11) is 12.7. The molecule has 10 nitrogen and oxygen atoms in total. The number of likely N-dealkylation sites (tertiary alicyclic amines) is 2. The Hall–Kier alpha value is -4.48. The van der Waals surface area contributed by atoms with E-state index >= 15 is 0 Å². The number of amides is 2. The van der Waals surface area contributed by atoms with E-state index in [0.29, 0.717) is 5.54 Å². The zero-order chi connectivity index (χ0) is 42.0. The molecule has 0 aliphatic carbocycles. The quantitative estimate of drug-likeness (QED) is 0.112. The molecule has 2 aliphatic rings. The largest absolute Gasteiger partial charge is 0.361 e. The van der Waals surface area contributed by atoms with E-state index in [2.05, 4.69) is 95.0 Å². The number of likely N-dealkylation sites (N-methyl/N-ethyl adjacent to an activating group) is 1. The summed E-state index contributed by atoms with van der Waals surface area (Å²) in [6.07, 6.45) is 13.4. The van der Waals surface area contributed by atoms with Crippen LogP contribution >= 0.6 is 0 Å². The zero-order valence-electron chi connectivity index (χ0n) is 37.0. The van der Waals surface area contributed by atoms with E-state index in [1.165, 1.54) is 37.7 Å². The Balaban J connectivity index is 0.000000199. The van der Waals surface area contributed by atoms with Crippen LogP contribution in [0.4, 0.5) is 0 Å². The van der Waals surface area contributed by atoms with Crippen molar-refractivity contribution in [1.29, 1.82) is 0 Å². The maximum atomic E-state index is 12.8. The molecule has 0 bridgehead atoms. The molecule has 2 fully saturated rings. The van der Waals surface area contributed by atoms with Crippen molar-refractivity contribution in [3.8, 4) is 0 Å². The molecule has 2 aliphatic heterocycles. The Morgan fingerprint density at radius 1 is 0.610 bits per heavy atom. The Morgan fingerprint density at radius 2 is 1.14 bits per heavy atom. The molecule has 0 unspecified atom stereocenters. The van der Waals surface area contributed by atoms with Crippen LogP contribution < -0.4 is 0 Å². The first-order valence-corrected chi connectivity index (χ1v) is 21.9. The second kappa shape index (κ2) is 20.2. The molecule has 0 radical (unpaired) electrons. The molecule has 3 aromatic carbocycles. The maximum Gasteiger partial charge on any atom is 0.253 e. The van der Waals surface area contributed by atoms with Gasteiger partial charge in [0, 0.05) is 92.5 Å². The molecular formula is C49H70N8O2. The number of hydrogen-bond acceptors (Lipinski definition) is 6. The minimum absolute atomic E-state index is 0.0887. The molecule has 0 saturated carbocycles. The van der Waals surface area contributed by atoms with Gasteiger partial charge in [0.15, 0.2) is 0 Å². The molecule has 318 valence electrons. The van der Waals surface area contributed by atoms with Crippen molar-refractivity contribution in [3.05, 3.63) is 108 Å². The number of hydrogen-bond donors (Lipinski definition) is 2. The summed E-state index contributed by atoms with van der Waals surface area (Å²) in [6.45, 7) is 10.2. The van der Waals surface area contributed by atoms with Gasteiger partial charge in [-0.1, -0.05) is 62.2 Å². The van der Waals surface area contributed by atoms with E-state index in [1.807, 2.05) is 84.8 Å². The minimum atomic E-state index is 0.0887. The van der Waals surface area contributed by atoms with Crippen molar-refractivity contribution in [3.63, 3.8) is 0 Å². The normalized spacial score (nSPS) is 17.0. The summed E-state index contributed by atoms with van der Waals surface area (Å²) >= 11 is 0. The second-order valence-corrected chi connectivity index (χ2v) is 17.6. The average Bonchev–Trinajstić information content (AvgIpc) is 3.95. The molecular weight excluding hydrogens is 733 g/mol. The van der Waals surface area contributed by atoms with Gasteiger partial charge < -0.3 is 34.5 Å².